The summed E-state index contributed by atoms with van der Waals surface area (Å²) in [6.45, 7) is 8.28. The van der Waals surface area contributed by atoms with Gasteiger partial charge in [-0.2, -0.15) is 0 Å². The summed E-state index contributed by atoms with van der Waals surface area (Å²) >= 11 is 0. The third kappa shape index (κ3) is 6.87. The van der Waals surface area contributed by atoms with Crippen LogP contribution in [0.25, 0.3) is 0 Å². The van der Waals surface area contributed by atoms with E-state index >= 15 is 0 Å². The van der Waals surface area contributed by atoms with Gasteiger partial charge in [0.2, 0.25) is 0 Å². The van der Waals surface area contributed by atoms with Gasteiger partial charge < -0.3 is 20.5 Å². The lowest BCUT2D eigenvalue weighted by Gasteiger charge is -2.27. The van der Waals surface area contributed by atoms with Gasteiger partial charge in [0.05, 0.1) is 0 Å². The molecular weight excluding hydrogens is 326 g/mol. The molecule has 1 fully saturated rings. The van der Waals surface area contributed by atoms with Crippen LogP contribution in [0.5, 0.6) is 5.75 Å². The largest absolute Gasteiger partial charge is 0.508 e. The minimum atomic E-state index is 0.308. The van der Waals surface area contributed by atoms with E-state index in [9.17, 15) is 5.11 Å². The fraction of sp³-hybridized carbons (Fsp3) is 0.667. The number of phenolic OH excluding ortho intramolecular Hbond substituents is 1. The Morgan fingerprint density at radius 1 is 1.23 bits per heavy atom. The summed E-state index contributed by atoms with van der Waals surface area (Å²) < 4.78 is 5.60. The molecule has 0 unspecified atom stereocenters. The molecule has 1 aliphatic rings. The second-order valence-electron chi connectivity index (χ2n) is 7.20. The number of guanidine groups is 1. The summed E-state index contributed by atoms with van der Waals surface area (Å²) in [5.41, 5.74) is 1.43. The molecule has 0 spiro atoms. The molecule has 0 radical (unpaired) electrons. The van der Waals surface area contributed by atoms with Crippen LogP contribution in [0, 0.1) is 5.41 Å². The van der Waals surface area contributed by atoms with E-state index in [4.69, 9.17) is 9.73 Å². The van der Waals surface area contributed by atoms with Crippen molar-refractivity contribution in [3.8, 4) is 5.75 Å². The van der Waals surface area contributed by atoms with Crippen LogP contribution in [0.3, 0.4) is 0 Å². The Kier molecular flexibility index (Phi) is 8.75. The highest BCUT2D eigenvalue weighted by atomic mass is 16.5. The van der Waals surface area contributed by atoms with Gasteiger partial charge in [-0.3, -0.25) is 4.99 Å². The molecule has 3 N–H and O–H groups in total. The van der Waals surface area contributed by atoms with Crippen LogP contribution >= 0.6 is 0 Å². The molecule has 5 nitrogen and oxygen atoms in total. The number of hydrogen-bond acceptors (Lipinski definition) is 3. The van der Waals surface area contributed by atoms with Gasteiger partial charge in [-0.15, -0.1) is 0 Å². The number of phenols is 1. The Hall–Kier alpha value is -1.75. The Bertz CT molecular complexity index is 554. The number of aliphatic imine (C=N–C) groups is 1. The topological polar surface area (TPSA) is 65.9 Å². The van der Waals surface area contributed by atoms with E-state index in [-0.39, 0.29) is 0 Å². The van der Waals surface area contributed by atoms with Gasteiger partial charge in [0.1, 0.15) is 5.75 Å². The van der Waals surface area contributed by atoms with Gasteiger partial charge in [0.25, 0.3) is 0 Å². The van der Waals surface area contributed by atoms with E-state index in [1.165, 1.54) is 25.7 Å². The van der Waals surface area contributed by atoms with Gasteiger partial charge in [0.15, 0.2) is 5.96 Å². The average Bonchev–Trinajstić information content (AvgIpc) is 3.09. The Labute approximate surface area is 158 Å². The molecule has 5 heteroatoms. The van der Waals surface area contributed by atoms with Crippen molar-refractivity contribution in [3.63, 3.8) is 0 Å². The van der Waals surface area contributed by atoms with E-state index in [1.807, 2.05) is 18.2 Å². The zero-order valence-electron chi connectivity index (χ0n) is 16.4. The maximum absolute atomic E-state index is 9.56. The van der Waals surface area contributed by atoms with Crippen molar-refractivity contribution in [2.45, 2.75) is 52.4 Å². The van der Waals surface area contributed by atoms with Crippen LogP contribution in [0.2, 0.25) is 0 Å². The SMILES string of the molecule is CCNC(=NCC1(CCOCC)CCCC1)NCCc1cccc(O)c1. The highest BCUT2D eigenvalue weighted by molar-refractivity contribution is 5.79. The summed E-state index contributed by atoms with van der Waals surface area (Å²) in [5, 5.41) is 16.3. The molecule has 0 aromatic heterocycles. The van der Waals surface area contributed by atoms with Gasteiger partial charge in [-0.05, 0) is 62.6 Å². The predicted octanol–water partition coefficient (Wildman–Crippen LogP) is 3.48. The number of nitrogens with zero attached hydrogens (tertiary/aromatic N) is 1. The zero-order chi connectivity index (χ0) is 18.7. The van der Waals surface area contributed by atoms with Crippen LogP contribution in [-0.4, -0.2) is 43.9 Å². The molecule has 0 atom stereocenters. The van der Waals surface area contributed by atoms with E-state index in [0.717, 1.165) is 57.2 Å². The molecule has 146 valence electrons. The summed E-state index contributed by atoms with van der Waals surface area (Å²) in [5.74, 6) is 1.20. The quantitative estimate of drug-likeness (QED) is 0.339. The molecule has 1 aromatic carbocycles. The number of ether oxygens (including phenoxy) is 1. The monoisotopic (exact) mass is 361 g/mol. The van der Waals surface area contributed by atoms with Gasteiger partial charge in [-0.1, -0.05) is 25.0 Å². The van der Waals surface area contributed by atoms with Gasteiger partial charge >= 0.3 is 0 Å². The minimum absolute atomic E-state index is 0.308. The first-order valence-corrected chi connectivity index (χ1v) is 10.1. The molecule has 0 aliphatic heterocycles. The fourth-order valence-corrected chi connectivity index (χ4v) is 3.67. The molecule has 2 rings (SSSR count). The fourth-order valence-electron chi connectivity index (χ4n) is 3.67. The summed E-state index contributed by atoms with van der Waals surface area (Å²) in [7, 11) is 0. The third-order valence-electron chi connectivity index (χ3n) is 5.18. The van der Waals surface area contributed by atoms with E-state index in [1.54, 1.807) is 6.07 Å². The lowest BCUT2D eigenvalue weighted by Crippen LogP contribution is -2.39. The van der Waals surface area contributed by atoms with Crippen LogP contribution in [0.4, 0.5) is 0 Å². The van der Waals surface area contributed by atoms with Crippen molar-refractivity contribution in [1.29, 1.82) is 0 Å². The first kappa shape index (κ1) is 20.6. The summed E-state index contributed by atoms with van der Waals surface area (Å²) in [4.78, 5) is 4.88. The first-order valence-electron chi connectivity index (χ1n) is 10.1. The standard InChI is InChI=1S/C21H35N3O2/c1-3-22-20(23-14-10-18-8-7-9-19(25)16-18)24-17-21(11-5-6-12-21)13-15-26-4-2/h7-9,16,25H,3-6,10-15,17H2,1-2H3,(H2,22,23,24). The van der Waals surface area contributed by atoms with Crippen molar-refractivity contribution in [3.05, 3.63) is 29.8 Å². The van der Waals surface area contributed by atoms with Crippen molar-refractivity contribution < 1.29 is 9.84 Å². The Morgan fingerprint density at radius 3 is 2.73 bits per heavy atom. The number of nitrogens with one attached hydrogen (secondary N) is 2. The second-order valence-corrected chi connectivity index (χ2v) is 7.20. The van der Waals surface area contributed by atoms with Gasteiger partial charge in [-0.25, -0.2) is 0 Å². The summed E-state index contributed by atoms with van der Waals surface area (Å²) in [6, 6.07) is 7.43. The molecule has 1 saturated carbocycles. The minimum Gasteiger partial charge on any atom is -0.508 e. The summed E-state index contributed by atoms with van der Waals surface area (Å²) in [6.07, 6.45) is 7.09. The van der Waals surface area contributed by atoms with Gasteiger partial charge in [0, 0.05) is 32.8 Å². The first-order chi connectivity index (χ1) is 12.7. The van der Waals surface area contributed by atoms with E-state index in [0.29, 0.717) is 11.2 Å². The molecule has 0 heterocycles. The maximum atomic E-state index is 9.56. The highest BCUT2D eigenvalue weighted by Gasteiger charge is 2.33. The predicted molar refractivity (Wildman–Crippen MR) is 108 cm³/mol. The molecule has 0 bridgehead atoms. The average molecular weight is 362 g/mol. The lowest BCUT2D eigenvalue weighted by atomic mass is 9.83. The van der Waals surface area contributed by atoms with Crippen molar-refractivity contribution in [1.82, 2.24) is 10.6 Å². The second kappa shape index (κ2) is 11.1. The lowest BCUT2D eigenvalue weighted by molar-refractivity contribution is 0.107. The molecular formula is C21H35N3O2. The zero-order valence-corrected chi connectivity index (χ0v) is 16.4. The number of aromatic hydroxyl groups is 1. The van der Waals surface area contributed by atoms with E-state index in [2.05, 4.69) is 24.5 Å². The number of rotatable bonds is 10. The van der Waals surface area contributed by atoms with Crippen LogP contribution in [0.15, 0.2) is 29.3 Å². The maximum Gasteiger partial charge on any atom is 0.191 e. The van der Waals surface area contributed by atoms with Crippen molar-refractivity contribution in [2.75, 3.05) is 32.8 Å². The number of benzene rings is 1. The molecule has 0 saturated heterocycles. The Balaban J connectivity index is 1.87. The molecule has 26 heavy (non-hydrogen) atoms. The van der Waals surface area contributed by atoms with Crippen molar-refractivity contribution in [2.24, 2.45) is 10.4 Å². The number of hydrogen-bond donors (Lipinski definition) is 3. The van der Waals surface area contributed by atoms with Crippen molar-refractivity contribution >= 4 is 5.96 Å². The van der Waals surface area contributed by atoms with Crippen LogP contribution in [0.1, 0.15) is 51.5 Å². The van der Waals surface area contributed by atoms with E-state index < -0.39 is 0 Å². The Morgan fingerprint density at radius 2 is 2.04 bits per heavy atom. The molecule has 1 aromatic rings. The van der Waals surface area contributed by atoms with Crippen LogP contribution < -0.4 is 10.6 Å². The highest BCUT2D eigenvalue weighted by Crippen LogP contribution is 2.41. The third-order valence-corrected chi connectivity index (χ3v) is 5.18. The smallest absolute Gasteiger partial charge is 0.191 e. The molecule has 1 aliphatic carbocycles. The molecule has 0 amide bonds. The normalized spacial score (nSPS) is 16.6. The van der Waals surface area contributed by atoms with Crippen LogP contribution in [-0.2, 0) is 11.2 Å².